The molecule has 0 radical (unpaired) electrons. The molecule has 1 aromatic carbocycles. The molecule has 1 amide bonds. The van der Waals surface area contributed by atoms with Gasteiger partial charge in [0.2, 0.25) is 5.78 Å². The number of hydrogen-bond donors (Lipinski definition) is 2. The van der Waals surface area contributed by atoms with Crippen molar-refractivity contribution in [2.24, 2.45) is 5.73 Å². The molecule has 5 nitrogen and oxygen atoms in total. The van der Waals surface area contributed by atoms with E-state index in [9.17, 15) is 9.59 Å². The molecule has 0 unspecified atom stereocenters. The molecule has 1 heterocycles. The average molecular weight is 270 g/mol. The minimum absolute atomic E-state index is 0.262. The van der Waals surface area contributed by atoms with Crippen molar-refractivity contribution in [3.63, 3.8) is 0 Å². The van der Waals surface area contributed by atoms with Gasteiger partial charge >= 0.3 is 0 Å². The van der Waals surface area contributed by atoms with Crippen molar-refractivity contribution in [3.8, 4) is 0 Å². The lowest BCUT2D eigenvalue weighted by molar-refractivity contribution is 0.0998. The molecular formula is C15H14N2O3. The lowest BCUT2D eigenvalue weighted by Gasteiger charge is -2.05. The summed E-state index contributed by atoms with van der Waals surface area (Å²) < 4.78 is 5.21. The molecule has 0 bridgehead atoms. The number of anilines is 1. The highest BCUT2D eigenvalue weighted by Gasteiger charge is 2.07. The number of carbonyl (C=O) groups is 2. The standard InChI is InChI=1S/C15H14N2O3/c1-10-6-7-14(20-10)13(18)8-9-17-12-5-3-2-4-11(12)15(16)19/h2-9,17H,1H3,(H2,16,19). The normalized spacial score (nSPS) is 10.7. The topological polar surface area (TPSA) is 85.3 Å². The van der Waals surface area contributed by atoms with Crippen molar-refractivity contribution < 1.29 is 14.0 Å². The zero-order valence-corrected chi connectivity index (χ0v) is 10.9. The van der Waals surface area contributed by atoms with Crippen LogP contribution in [-0.2, 0) is 0 Å². The van der Waals surface area contributed by atoms with Gasteiger partial charge < -0.3 is 15.5 Å². The third-order valence-electron chi connectivity index (χ3n) is 2.65. The number of para-hydroxylation sites is 1. The highest BCUT2D eigenvalue weighted by Crippen LogP contribution is 2.14. The second-order valence-electron chi connectivity index (χ2n) is 4.16. The number of hydrogen-bond acceptors (Lipinski definition) is 4. The van der Waals surface area contributed by atoms with Crippen LogP contribution in [0.2, 0.25) is 0 Å². The Hall–Kier alpha value is -2.82. The number of carbonyl (C=O) groups excluding carboxylic acids is 2. The predicted molar refractivity (Wildman–Crippen MR) is 75.5 cm³/mol. The van der Waals surface area contributed by atoms with Gasteiger partial charge in [-0.05, 0) is 31.2 Å². The number of furan rings is 1. The number of ketones is 1. The zero-order chi connectivity index (χ0) is 14.5. The van der Waals surface area contributed by atoms with Gasteiger partial charge in [-0.2, -0.15) is 0 Å². The molecular weight excluding hydrogens is 256 g/mol. The third kappa shape index (κ3) is 3.14. The van der Waals surface area contributed by atoms with E-state index in [2.05, 4.69) is 5.32 Å². The first-order valence-electron chi connectivity index (χ1n) is 6.00. The van der Waals surface area contributed by atoms with E-state index in [4.69, 9.17) is 10.2 Å². The van der Waals surface area contributed by atoms with Gasteiger partial charge in [0.05, 0.1) is 11.3 Å². The smallest absolute Gasteiger partial charge is 0.250 e. The van der Waals surface area contributed by atoms with Gasteiger partial charge in [-0.1, -0.05) is 12.1 Å². The highest BCUT2D eigenvalue weighted by molar-refractivity contribution is 6.03. The summed E-state index contributed by atoms with van der Waals surface area (Å²) in [5.74, 6) is 0.147. The van der Waals surface area contributed by atoms with Crippen molar-refractivity contribution in [1.29, 1.82) is 0 Å². The number of nitrogens with two attached hydrogens (primary N) is 1. The molecule has 3 N–H and O–H groups in total. The fourth-order valence-electron chi connectivity index (χ4n) is 1.68. The fourth-order valence-corrected chi connectivity index (χ4v) is 1.68. The van der Waals surface area contributed by atoms with E-state index in [-0.39, 0.29) is 11.5 Å². The molecule has 0 saturated carbocycles. The van der Waals surface area contributed by atoms with Crippen molar-refractivity contribution >= 4 is 17.4 Å². The average Bonchev–Trinajstić information content (AvgIpc) is 2.86. The fraction of sp³-hybridized carbons (Fsp3) is 0.0667. The first kappa shape index (κ1) is 13.6. The molecule has 0 aliphatic carbocycles. The summed E-state index contributed by atoms with van der Waals surface area (Å²) in [6.45, 7) is 1.77. The van der Waals surface area contributed by atoms with Crippen LogP contribution >= 0.6 is 0 Å². The molecule has 0 aliphatic heterocycles. The third-order valence-corrected chi connectivity index (χ3v) is 2.65. The van der Waals surface area contributed by atoms with Crippen molar-refractivity contribution in [3.05, 3.63) is 65.8 Å². The predicted octanol–water partition coefficient (Wildman–Crippen LogP) is 2.50. The van der Waals surface area contributed by atoms with Crippen LogP contribution in [0.5, 0.6) is 0 Å². The number of amides is 1. The van der Waals surface area contributed by atoms with Gasteiger partial charge in [0.25, 0.3) is 5.91 Å². The quantitative estimate of drug-likeness (QED) is 0.645. The molecule has 0 atom stereocenters. The zero-order valence-electron chi connectivity index (χ0n) is 10.9. The number of aryl methyl sites for hydroxylation is 1. The van der Waals surface area contributed by atoms with Gasteiger partial charge in [-0.3, -0.25) is 9.59 Å². The molecule has 0 saturated heterocycles. The highest BCUT2D eigenvalue weighted by atomic mass is 16.3. The Morgan fingerprint density at radius 2 is 1.95 bits per heavy atom. The first-order chi connectivity index (χ1) is 9.58. The summed E-state index contributed by atoms with van der Waals surface area (Å²) in [6, 6.07) is 10.1. The number of nitrogens with one attached hydrogen (secondary N) is 1. The van der Waals surface area contributed by atoms with E-state index >= 15 is 0 Å². The maximum Gasteiger partial charge on any atom is 0.250 e. The summed E-state index contributed by atoms with van der Waals surface area (Å²) in [5, 5.41) is 2.86. The number of benzene rings is 1. The summed E-state index contributed by atoms with van der Waals surface area (Å²) in [6.07, 6.45) is 2.78. The number of rotatable bonds is 5. The molecule has 0 fully saturated rings. The van der Waals surface area contributed by atoms with Crippen molar-refractivity contribution in [2.45, 2.75) is 6.92 Å². The van der Waals surface area contributed by atoms with Gasteiger partial charge in [0.1, 0.15) is 5.76 Å². The largest absolute Gasteiger partial charge is 0.458 e. The minimum atomic E-state index is -0.533. The number of allylic oxidation sites excluding steroid dienone is 1. The molecule has 0 spiro atoms. The first-order valence-corrected chi connectivity index (χ1v) is 6.00. The van der Waals surface area contributed by atoms with Crippen LogP contribution in [0.4, 0.5) is 5.69 Å². The molecule has 102 valence electrons. The lowest BCUT2D eigenvalue weighted by Crippen LogP contribution is -2.12. The van der Waals surface area contributed by atoms with Gasteiger partial charge in [0, 0.05) is 12.3 Å². The molecule has 2 aromatic rings. The Morgan fingerprint density at radius 3 is 2.60 bits per heavy atom. The van der Waals surface area contributed by atoms with Crippen LogP contribution in [0.25, 0.3) is 0 Å². The van der Waals surface area contributed by atoms with E-state index in [0.29, 0.717) is 17.0 Å². The number of primary amides is 1. The van der Waals surface area contributed by atoms with E-state index in [1.54, 1.807) is 43.3 Å². The lowest BCUT2D eigenvalue weighted by atomic mass is 10.1. The second-order valence-corrected chi connectivity index (χ2v) is 4.16. The van der Waals surface area contributed by atoms with Crippen LogP contribution in [0.1, 0.15) is 26.7 Å². The SMILES string of the molecule is Cc1ccc(C(=O)C=CNc2ccccc2C(N)=O)o1. The Labute approximate surface area is 116 Å². The Morgan fingerprint density at radius 1 is 1.20 bits per heavy atom. The van der Waals surface area contributed by atoms with E-state index in [0.717, 1.165) is 0 Å². The maximum atomic E-state index is 11.8. The van der Waals surface area contributed by atoms with Gasteiger partial charge in [-0.15, -0.1) is 0 Å². The van der Waals surface area contributed by atoms with E-state index in [1.165, 1.54) is 12.3 Å². The van der Waals surface area contributed by atoms with Crippen LogP contribution < -0.4 is 11.1 Å². The van der Waals surface area contributed by atoms with Crippen LogP contribution in [0.15, 0.2) is 53.1 Å². The van der Waals surface area contributed by atoms with Crippen LogP contribution in [0.3, 0.4) is 0 Å². The monoisotopic (exact) mass is 270 g/mol. The maximum absolute atomic E-state index is 11.8. The molecule has 2 rings (SSSR count). The Bertz CT molecular complexity index is 671. The molecule has 5 heteroatoms. The Kier molecular flexibility index (Phi) is 4.00. The van der Waals surface area contributed by atoms with Crippen molar-refractivity contribution in [1.82, 2.24) is 0 Å². The molecule has 20 heavy (non-hydrogen) atoms. The molecule has 1 aromatic heterocycles. The van der Waals surface area contributed by atoms with Gasteiger partial charge in [0.15, 0.2) is 5.76 Å². The summed E-state index contributed by atoms with van der Waals surface area (Å²) in [7, 11) is 0. The summed E-state index contributed by atoms with van der Waals surface area (Å²) >= 11 is 0. The minimum Gasteiger partial charge on any atom is -0.458 e. The second kappa shape index (κ2) is 5.88. The Balaban J connectivity index is 2.07. The van der Waals surface area contributed by atoms with Crippen LogP contribution in [-0.4, -0.2) is 11.7 Å². The summed E-state index contributed by atoms with van der Waals surface area (Å²) in [4.78, 5) is 23.0. The van der Waals surface area contributed by atoms with E-state index in [1.807, 2.05) is 0 Å². The van der Waals surface area contributed by atoms with E-state index < -0.39 is 5.91 Å². The van der Waals surface area contributed by atoms with Gasteiger partial charge in [-0.25, -0.2) is 0 Å². The summed E-state index contributed by atoms with van der Waals surface area (Å²) in [5.41, 5.74) is 6.16. The molecule has 0 aliphatic rings. The van der Waals surface area contributed by atoms with Crippen LogP contribution in [0, 0.1) is 6.92 Å². The van der Waals surface area contributed by atoms with Crippen molar-refractivity contribution in [2.75, 3.05) is 5.32 Å².